The molecule has 6 heteroatoms. The van der Waals surface area contributed by atoms with Crippen LogP contribution in [0.15, 0.2) is 243 Å². The van der Waals surface area contributed by atoms with Crippen LogP contribution >= 0.6 is 0 Å². The Labute approximate surface area is 397 Å². The predicted molar refractivity (Wildman–Crippen MR) is 285 cm³/mol. The quantitative estimate of drug-likeness (QED) is 0.160. The summed E-state index contributed by atoms with van der Waals surface area (Å²) < 4.78 is 7.01. The third-order valence-electron chi connectivity index (χ3n) is 13.7. The van der Waals surface area contributed by atoms with Gasteiger partial charge in [0.15, 0.2) is 11.6 Å². The van der Waals surface area contributed by atoms with Crippen LogP contribution in [0.5, 0.6) is 0 Å². The van der Waals surface area contributed by atoms with Crippen LogP contribution < -0.4 is 0 Å². The zero-order valence-electron chi connectivity index (χ0n) is 37.3. The molecule has 4 heterocycles. The monoisotopic (exact) mass is 880 g/mol. The highest BCUT2D eigenvalue weighted by Gasteiger charge is 2.26. The summed E-state index contributed by atoms with van der Waals surface area (Å²) >= 11 is 0. The van der Waals surface area contributed by atoms with Crippen LogP contribution in [0.4, 0.5) is 0 Å². The van der Waals surface area contributed by atoms with E-state index in [1.807, 2.05) is 18.2 Å². The van der Waals surface area contributed by atoms with Gasteiger partial charge in [0.05, 0.1) is 50.0 Å². The molecule has 0 saturated carbocycles. The lowest BCUT2D eigenvalue weighted by atomic mass is 10.0. The van der Waals surface area contributed by atoms with E-state index in [2.05, 4.69) is 238 Å². The first kappa shape index (κ1) is 38.8. The van der Waals surface area contributed by atoms with Crippen molar-refractivity contribution in [1.29, 1.82) is 0 Å². The second kappa shape index (κ2) is 15.6. The average Bonchev–Trinajstić information content (AvgIpc) is 4.06. The van der Waals surface area contributed by atoms with Crippen molar-refractivity contribution in [3.05, 3.63) is 243 Å². The maximum Gasteiger partial charge on any atom is 0.238 e. The first-order valence-electron chi connectivity index (χ1n) is 23.4. The van der Waals surface area contributed by atoms with E-state index in [1.54, 1.807) is 0 Å². The minimum absolute atomic E-state index is 0.543. The Bertz CT molecular complexity index is 4070. The molecular weight excluding hydrogens is 841 g/mol. The van der Waals surface area contributed by atoms with Gasteiger partial charge in [-0.25, -0.2) is 4.98 Å². The van der Waals surface area contributed by atoms with Crippen molar-refractivity contribution in [3.63, 3.8) is 0 Å². The smallest absolute Gasteiger partial charge is 0.238 e. The Hall–Kier alpha value is -9.39. The van der Waals surface area contributed by atoms with Crippen LogP contribution in [0.3, 0.4) is 0 Å². The largest absolute Gasteiger partial charge is 0.308 e. The number of para-hydroxylation sites is 4. The lowest BCUT2D eigenvalue weighted by molar-refractivity contribution is 0.949. The van der Waals surface area contributed by atoms with Crippen LogP contribution in [-0.4, -0.2) is 28.7 Å². The van der Waals surface area contributed by atoms with E-state index in [-0.39, 0.29) is 0 Å². The topological polar surface area (TPSA) is 53.5 Å². The SMILES string of the molecule is c1ccc(-c2ccc3c(c2)c2ccccc2n3-c2cccc(-n3c4ccccc4c4cc(-c5ccccc5)ccc43)c2-c2nc(-c3ccccc3)nc(-n3c4ccccc4c4ccccc43)n2)cc1. The van der Waals surface area contributed by atoms with Gasteiger partial charge in [0.1, 0.15) is 0 Å². The molecule has 10 aromatic carbocycles. The highest BCUT2D eigenvalue weighted by molar-refractivity contribution is 6.13. The first-order valence-corrected chi connectivity index (χ1v) is 23.4. The minimum atomic E-state index is 0.543. The number of rotatable bonds is 7. The van der Waals surface area contributed by atoms with E-state index < -0.39 is 0 Å². The van der Waals surface area contributed by atoms with Crippen LogP contribution in [0, 0.1) is 0 Å². The van der Waals surface area contributed by atoms with E-state index in [1.165, 1.54) is 43.8 Å². The van der Waals surface area contributed by atoms with Gasteiger partial charge in [-0.1, -0.05) is 182 Å². The third kappa shape index (κ3) is 6.16. The molecule has 0 N–H and O–H groups in total. The van der Waals surface area contributed by atoms with Gasteiger partial charge >= 0.3 is 0 Å². The van der Waals surface area contributed by atoms with Crippen LogP contribution in [0.2, 0.25) is 0 Å². The van der Waals surface area contributed by atoms with E-state index >= 15 is 0 Å². The lowest BCUT2D eigenvalue weighted by Crippen LogP contribution is -2.10. The van der Waals surface area contributed by atoms with Crippen LogP contribution in [-0.2, 0) is 0 Å². The summed E-state index contributed by atoms with van der Waals surface area (Å²) in [5.41, 5.74) is 14.8. The Morgan fingerprint density at radius 3 is 1.06 bits per heavy atom. The average molecular weight is 881 g/mol. The van der Waals surface area contributed by atoms with Crippen molar-refractivity contribution in [2.45, 2.75) is 0 Å². The molecule has 0 radical (unpaired) electrons. The minimum Gasteiger partial charge on any atom is -0.308 e. The Kier molecular flexibility index (Phi) is 8.79. The second-order valence-electron chi connectivity index (χ2n) is 17.6. The first-order chi connectivity index (χ1) is 34.2. The molecule has 0 amide bonds. The maximum absolute atomic E-state index is 5.65. The summed E-state index contributed by atoms with van der Waals surface area (Å²) in [6.45, 7) is 0. The fourth-order valence-corrected chi connectivity index (χ4v) is 10.6. The number of hydrogen-bond donors (Lipinski definition) is 0. The van der Waals surface area contributed by atoms with Gasteiger partial charge in [0, 0.05) is 37.9 Å². The molecule has 322 valence electrons. The molecule has 0 aliphatic rings. The summed E-state index contributed by atoms with van der Waals surface area (Å²) in [6, 6.07) is 86.3. The van der Waals surface area contributed by atoms with Crippen molar-refractivity contribution in [1.82, 2.24) is 28.7 Å². The summed E-state index contributed by atoms with van der Waals surface area (Å²) in [5, 5.41) is 6.94. The molecule has 0 bridgehead atoms. The van der Waals surface area contributed by atoms with Crippen molar-refractivity contribution in [2.24, 2.45) is 0 Å². The van der Waals surface area contributed by atoms with Gasteiger partial charge in [0.25, 0.3) is 0 Å². The molecule has 0 unspecified atom stereocenters. The number of hydrogen-bond acceptors (Lipinski definition) is 3. The standard InChI is InChI=1S/C63H40N6/c1-4-19-41(20-5-1)44-35-37-56-50(39-44)48-27-12-14-29-52(48)67(56)58-33-18-34-59(68-53-30-15-13-28-49(53)51-40-45(36-38-57(51)68)42-21-6-2-7-22-42)60(58)62-64-61(43-23-8-3-9-24-43)65-63(66-62)69-54-31-16-10-25-46(54)47-26-11-17-32-55(47)69/h1-40H. The van der Waals surface area contributed by atoms with E-state index in [4.69, 9.17) is 15.0 Å². The number of benzene rings is 10. The van der Waals surface area contributed by atoms with Crippen molar-refractivity contribution in [2.75, 3.05) is 0 Å². The van der Waals surface area contributed by atoms with Gasteiger partial charge in [-0.15, -0.1) is 0 Å². The maximum atomic E-state index is 5.65. The summed E-state index contributed by atoms with van der Waals surface area (Å²) in [4.78, 5) is 16.6. The third-order valence-corrected chi connectivity index (χ3v) is 13.7. The fourth-order valence-electron chi connectivity index (χ4n) is 10.6. The zero-order valence-corrected chi connectivity index (χ0v) is 37.3. The van der Waals surface area contributed by atoms with Crippen molar-refractivity contribution >= 4 is 65.4 Å². The van der Waals surface area contributed by atoms with E-state index in [0.717, 1.165) is 66.4 Å². The highest BCUT2D eigenvalue weighted by atomic mass is 15.2. The molecule has 0 atom stereocenters. The molecule has 6 nitrogen and oxygen atoms in total. The van der Waals surface area contributed by atoms with E-state index in [9.17, 15) is 0 Å². The number of nitrogens with zero attached hydrogens (tertiary/aromatic N) is 6. The van der Waals surface area contributed by atoms with Gasteiger partial charge in [-0.05, 0) is 82.9 Å². The molecule has 14 aromatic rings. The lowest BCUT2D eigenvalue weighted by Gasteiger charge is -2.20. The van der Waals surface area contributed by atoms with Gasteiger partial charge in [-0.3, -0.25) is 4.57 Å². The van der Waals surface area contributed by atoms with Gasteiger partial charge < -0.3 is 9.13 Å². The molecule has 14 rings (SSSR count). The Morgan fingerprint density at radius 1 is 0.232 bits per heavy atom. The van der Waals surface area contributed by atoms with Crippen LogP contribution in [0.25, 0.3) is 128 Å². The molecule has 0 aliphatic carbocycles. The molecule has 0 aliphatic heterocycles. The normalized spacial score (nSPS) is 11.8. The summed E-state index contributed by atoms with van der Waals surface area (Å²) in [7, 11) is 0. The fraction of sp³-hybridized carbons (Fsp3) is 0. The molecule has 4 aromatic heterocycles. The predicted octanol–water partition coefficient (Wildman–Crippen LogP) is 15.8. The Balaban J connectivity index is 1.12. The molecule has 0 saturated heterocycles. The van der Waals surface area contributed by atoms with E-state index in [0.29, 0.717) is 17.6 Å². The molecular formula is C63H40N6. The van der Waals surface area contributed by atoms with Crippen LogP contribution in [0.1, 0.15) is 0 Å². The zero-order chi connectivity index (χ0) is 45.4. The number of aromatic nitrogens is 6. The highest BCUT2D eigenvalue weighted by Crippen LogP contribution is 2.43. The second-order valence-corrected chi connectivity index (χ2v) is 17.6. The van der Waals surface area contributed by atoms with Gasteiger partial charge in [0.2, 0.25) is 5.95 Å². The summed E-state index contributed by atoms with van der Waals surface area (Å²) in [6.07, 6.45) is 0. The van der Waals surface area contributed by atoms with Crippen molar-refractivity contribution < 1.29 is 0 Å². The summed E-state index contributed by atoms with van der Waals surface area (Å²) in [5.74, 6) is 1.69. The molecule has 69 heavy (non-hydrogen) atoms. The Morgan fingerprint density at radius 2 is 0.594 bits per heavy atom. The molecule has 0 spiro atoms. The van der Waals surface area contributed by atoms with Gasteiger partial charge in [-0.2, -0.15) is 9.97 Å². The number of fused-ring (bicyclic) bond motifs is 9. The van der Waals surface area contributed by atoms with Crippen molar-refractivity contribution in [3.8, 4) is 62.4 Å². The molecule has 0 fully saturated rings.